The van der Waals surface area contributed by atoms with E-state index in [-0.39, 0.29) is 12.4 Å². The van der Waals surface area contributed by atoms with Gasteiger partial charge in [0.2, 0.25) is 5.16 Å². The summed E-state index contributed by atoms with van der Waals surface area (Å²) in [5.74, 6) is 0.412. The van der Waals surface area contributed by atoms with Crippen molar-refractivity contribution in [2.24, 2.45) is 0 Å². The van der Waals surface area contributed by atoms with Crippen LogP contribution in [0.4, 0.5) is 4.79 Å². The van der Waals surface area contributed by atoms with Crippen LogP contribution in [0.25, 0.3) is 5.69 Å². The molecule has 0 spiro atoms. The van der Waals surface area contributed by atoms with Crippen LogP contribution in [-0.4, -0.2) is 51.7 Å². The Morgan fingerprint density at radius 3 is 2.66 bits per heavy atom. The second-order valence-corrected chi connectivity index (χ2v) is 8.81. The quantitative estimate of drug-likeness (QED) is 0.362. The fourth-order valence-electron chi connectivity index (χ4n) is 3.73. The van der Waals surface area contributed by atoms with Crippen LogP contribution in [0.15, 0.2) is 58.9 Å². The number of tetrazole rings is 1. The zero-order chi connectivity index (χ0) is 24.9. The summed E-state index contributed by atoms with van der Waals surface area (Å²) in [6.07, 6.45) is 0. The van der Waals surface area contributed by atoms with Crippen LogP contribution in [-0.2, 0) is 9.53 Å². The molecule has 10 nitrogen and oxygen atoms in total. The van der Waals surface area contributed by atoms with Crippen LogP contribution in [0.5, 0.6) is 5.75 Å². The van der Waals surface area contributed by atoms with E-state index in [2.05, 4.69) is 26.2 Å². The van der Waals surface area contributed by atoms with E-state index in [0.29, 0.717) is 22.2 Å². The Hall–Kier alpha value is -3.86. The van der Waals surface area contributed by atoms with Gasteiger partial charge >= 0.3 is 12.0 Å². The highest BCUT2D eigenvalue weighted by Gasteiger charge is 2.34. The molecule has 0 bridgehead atoms. The van der Waals surface area contributed by atoms with Gasteiger partial charge in [-0.15, -0.1) is 5.10 Å². The highest BCUT2D eigenvalue weighted by molar-refractivity contribution is 7.99. The third-order valence-corrected chi connectivity index (χ3v) is 6.42. The van der Waals surface area contributed by atoms with E-state index in [0.717, 1.165) is 22.4 Å². The maximum Gasteiger partial charge on any atom is 0.338 e. The first-order valence-corrected chi connectivity index (χ1v) is 12.0. The minimum Gasteiger partial charge on any atom is -0.497 e. The number of thioether (sulfide) groups is 1. The molecule has 4 rings (SSSR count). The van der Waals surface area contributed by atoms with Crippen molar-refractivity contribution in [2.75, 3.05) is 19.5 Å². The summed E-state index contributed by atoms with van der Waals surface area (Å²) in [6.45, 7) is 5.93. The summed E-state index contributed by atoms with van der Waals surface area (Å²) >= 11 is 1.31. The Morgan fingerprint density at radius 1 is 1.17 bits per heavy atom. The summed E-state index contributed by atoms with van der Waals surface area (Å²) in [5.41, 5.74) is 4.46. The molecule has 0 saturated heterocycles. The fraction of sp³-hybridized carbons (Fsp3) is 0.292. The molecule has 182 valence electrons. The first-order chi connectivity index (χ1) is 16.9. The molecule has 1 aliphatic heterocycles. The van der Waals surface area contributed by atoms with Crippen LogP contribution >= 0.6 is 11.8 Å². The number of benzene rings is 2. The molecule has 0 fully saturated rings. The van der Waals surface area contributed by atoms with Crippen molar-refractivity contribution in [3.05, 3.63) is 70.4 Å². The molecule has 2 N–H and O–H groups in total. The largest absolute Gasteiger partial charge is 0.497 e. The van der Waals surface area contributed by atoms with Crippen molar-refractivity contribution >= 4 is 23.8 Å². The molecule has 1 aromatic heterocycles. The molecule has 2 aromatic carbocycles. The average molecular weight is 495 g/mol. The number of hydrogen-bond acceptors (Lipinski definition) is 8. The number of aromatic nitrogens is 4. The topological polar surface area (TPSA) is 120 Å². The number of aryl methyl sites for hydroxylation is 2. The lowest BCUT2D eigenvalue weighted by Crippen LogP contribution is -2.46. The Labute approximate surface area is 207 Å². The van der Waals surface area contributed by atoms with Crippen LogP contribution in [0, 0.1) is 13.8 Å². The zero-order valence-electron chi connectivity index (χ0n) is 19.9. The third-order valence-electron chi connectivity index (χ3n) is 5.48. The number of ether oxygens (including phenoxy) is 2. The van der Waals surface area contributed by atoms with E-state index in [4.69, 9.17) is 9.47 Å². The Bertz CT molecular complexity index is 1270. The minimum absolute atomic E-state index is 0.205. The van der Waals surface area contributed by atoms with Gasteiger partial charge in [0.25, 0.3) is 0 Å². The molecule has 35 heavy (non-hydrogen) atoms. The van der Waals surface area contributed by atoms with E-state index in [1.807, 2.05) is 32.0 Å². The van der Waals surface area contributed by atoms with Crippen molar-refractivity contribution in [3.63, 3.8) is 0 Å². The van der Waals surface area contributed by atoms with Crippen molar-refractivity contribution in [1.29, 1.82) is 0 Å². The van der Waals surface area contributed by atoms with Gasteiger partial charge in [-0.05, 0) is 66.1 Å². The van der Waals surface area contributed by atoms with Gasteiger partial charge < -0.3 is 20.1 Å². The standard InChI is InChI=1S/C24H26N6O4S/c1-5-34-22(31)20-18(25-23(32)26-21(20)16-8-10-17(33-4)11-9-16)13-35-24-27-28-29-30(24)19-12-14(2)6-7-15(19)3/h6-12,21H,5,13H2,1-4H3,(H2,25,26,32)/t21-/m1/s1. The molecule has 0 unspecified atom stereocenters. The molecule has 1 atom stereocenters. The first kappa shape index (κ1) is 24.3. The van der Waals surface area contributed by atoms with E-state index >= 15 is 0 Å². The predicted molar refractivity (Wildman–Crippen MR) is 130 cm³/mol. The molecule has 11 heteroatoms. The molecule has 0 aliphatic carbocycles. The molecule has 2 amide bonds. The second kappa shape index (κ2) is 10.6. The smallest absolute Gasteiger partial charge is 0.338 e. The summed E-state index contributed by atoms with van der Waals surface area (Å²) < 4.78 is 12.2. The number of hydrogen-bond donors (Lipinski definition) is 2. The second-order valence-electron chi connectivity index (χ2n) is 7.87. The zero-order valence-corrected chi connectivity index (χ0v) is 20.7. The molecular formula is C24H26N6O4S. The number of urea groups is 1. The number of carbonyl (C=O) groups is 2. The number of nitrogens with zero attached hydrogens (tertiary/aromatic N) is 4. The molecule has 3 aromatic rings. The highest BCUT2D eigenvalue weighted by atomic mass is 32.2. The summed E-state index contributed by atoms with van der Waals surface area (Å²) in [4.78, 5) is 25.6. The average Bonchev–Trinajstić information content (AvgIpc) is 3.32. The van der Waals surface area contributed by atoms with E-state index < -0.39 is 18.0 Å². The van der Waals surface area contributed by atoms with E-state index in [1.54, 1.807) is 43.0 Å². The number of amides is 2. The lowest BCUT2D eigenvalue weighted by Gasteiger charge is -2.29. The van der Waals surface area contributed by atoms with Crippen LogP contribution in [0.2, 0.25) is 0 Å². The molecule has 1 aliphatic rings. The number of esters is 1. The van der Waals surface area contributed by atoms with Gasteiger partial charge in [-0.3, -0.25) is 0 Å². The molecule has 0 saturated carbocycles. The first-order valence-electron chi connectivity index (χ1n) is 11.0. The highest BCUT2D eigenvalue weighted by Crippen LogP contribution is 2.31. The number of nitrogens with one attached hydrogen (secondary N) is 2. The maximum absolute atomic E-state index is 13.0. The summed E-state index contributed by atoms with van der Waals surface area (Å²) in [5, 5.41) is 18.3. The van der Waals surface area contributed by atoms with Crippen molar-refractivity contribution in [2.45, 2.75) is 32.0 Å². The van der Waals surface area contributed by atoms with Crippen LogP contribution < -0.4 is 15.4 Å². The number of carbonyl (C=O) groups excluding carboxylic acids is 2. The Balaban J connectivity index is 1.68. The summed E-state index contributed by atoms with van der Waals surface area (Å²) in [7, 11) is 1.58. The van der Waals surface area contributed by atoms with Gasteiger partial charge in [-0.2, -0.15) is 4.68 Å². The normalized spacial score (nSPS) is 15.4. The van der Waals surface area contributed by atoms with Gasteiger partial charge in [0.05, 0.1) is 31.0 Å². The van der Waals surface area contributed by atoms with Gasteiger partial charge in [0.15, 0.2) is 0 Å². The molecular weight excluding hydrogens is 468 g/mol. The number of methoxy groups -OCH3 is 1. The third kappa shape index (κ3) is 5.29. The van der Waals surface area contributed by atoms with Crippen molar-refractivity contribution in [3.8, 4) is 11.4 Å². The number of rotatable bonds is 8. The summed E-state index contributed by atoms with van der Waals surface area (Å²) in [6, 6.07) is 12.1. The minimum atomic E-state index is -0.681. The van der Waals surface area contributed by atoms with Crippen LogP contribution in [0.3, 0.4) is 0 Å². The van der Waals surface area contributed by atoms with Crippen molar-refractivity contribution in [1.82, 2.24) is 30.8 Å². The van der Waals surface area contributed by atoms with Crippen molar-refractivity contribution < 1.29 is 19.1 Å². The lowest BCUT2D eigenvalue weighted by atomic mass is 9.95. The lowest BCUT2D eigenvalue weighted by molar-refractivity contribution is -0.139. The van der Waals surface area contributed by atoms with E-state index in [1.165, 1.54) is 11.8 Å². The van der Waals surface area contributed by atoms with Gasteiger partial charge in [0.1, 0.15) is 5.75 Å². The molecule has 2 heterocycles. The van der Waals surface area contributed by atoms with Crippen LogP contribution in [0.1, 0.15) is 29.7 Å². The predicted octanol–water partition coefficient (Wildman–Crippen LogP) is 3.25. The Morgan fingerprint density at radius 2 is 1.94 bits per heavy atom. The maximum atomic E-state index is 13.0. The van der Waals surface area contributed by atoms with Gasteiger partial charge in [-0.1, -0.05) is 36.0 Å². The molecule has 0 radical (unpaired) electrons. The van der Waals surface area contributed by atoms with Gasteiger partial charge in [0, 0.05) is 11.4 Å². The monoisotopic (exact) mass is 494 g/mol. The SMILES string of the molecule is CCOC(=O)C1=C(CSc2nnnn2-c2cc(C)ccc2C)NC(=O)N[C@@H]1c1ccc(OC)cc1. The Kier molecular flexibility index (Phi) is 7.35. The fourth-order valence-corrected chi connectivity index (χ4v) is 4.58. The van der Waals surface area contributed by atoms with Gasteiger partial charge in [-0.25, -0.2) is 9.59 Å². The van der Waals surface area contributed by atoms with E-state index in [9.17, 15) is 9.59 Å².